The molecule has 3 N–H and O–H groups in total. The van der Waals surface area contributed by atoms with Crippen LogP contribution in [0.4, 0.5) is 20.2 Å². The predicted molar refractivity (Wildman–Crippen MR) is 63.7 cm³/mol. The van der Waals surface area contributed by atoms with Gasteiger partial charge < -0.3 is 11.1 Å². The van der Waals surface area contributed by atoms with Gasteiger partial charge in [-0.05, 0) is 29.7 Å². The lowest BCUT2D eigenvalue weighted by Crippen LogP contribution is -2.12. The molecule has 1 heterocycles. The zero-order valence-electron chi connectivity index (χ0n) is 8.93. The molecule has 0 bridgehead atoms. The van der Waals surface area contributed by atoms with E-state index in [1.807, 2.05) is 0 Å². The zero-order valence-corrected chi connectivity index (χ0v) is 9.75. The highest BCUT2D eigenvalue weighted by Gasteiger charge is 2.23. The van der Waals surface area contributed by atoms with Crippen molar-refractivity contribution in [3.8, 4) is 0 Å². The van der Waals surface area contributed by atoms with Crippen molar-refractivity contribution in [2.24, 2.45) is 0 Å². The highest BCUT2D eigenvalue weighted by atomic mass is 32.1. The number of nitrogen functional groups attached to an aromatic ring is 1. The molecule has 94 valence electrons. The summed E-state index contributed by atoms with van der Waals surface area (Å²) < 4.78 is 28.4. The Kier molecular flexibility index (Phi) is 3.47. The normalized spacial score (nSPS) is 10.6. The molecule has 0 spiro atoms. The van der Waals surface area contributed by atoms with Gasteiger partial charge in [-0.1, -0.05) is 10.6 Å². The van der Waals surface area contributed by atoms with Crippen LogP contribution in [0.2, 0.25) is 0 Å². The van der Waals surface area contributed by atoms with E-state index in [2.05, 4.69) is 14.9 Å². The number of carbonyl (C=O) groups excluding carboxylic acids is 1. The van der Waals surface area contributed by atoms with E-state index in [0.717, 1.165) is 0 Å². The van der Waals surface area contributed by atoms with E-state index in [1.54, 1.807) is 18.2 Å². The molecule has 2 aromatic rings. The van der Waals surface area contributed by atoms with Gasteiger partial charge in [0.05, 0.1) is 0 Å². The van der Waals surface area contributed by atoms with Gasteiger partial charge in [-0.2, -0.15) is 0 Å². The molecule has 0 fully saturated rings. The van der Waals surface area contributed by atoms with Gasteiger partial charge in [0, 0.05) is 11.4 Å². The number of aromatic nitrogens is 2. The lowest BCUT2D eigenvalue weighted by molar-refractivity contribution is 0.101. The van der Waals surface area contributed by atoms with Crippen molar-refractivity contribution in [1.29, 1.82) is 0 Å². The Hall–Kier alpha value is -2.09. The molecule has 18 heavy (non-hydrogen) atoms. The molecule has 8 heteroatoms. The van der Waals surface area contributed by atoms with Crippen LogP contribution in [-0.2, 0) is 0 Å². The first-order chi connectivity index (χ1) is 8.58. The Morgan fingerprint density at radius 2 is 2.22 bits per heavy atom. The maximum atomic E-state index is 12.5. The van der Waals surface area contributed by atoms with Crippen molar-refractivity contribution in [2.45, 2.75) is 6.43 Å². The number of anilines is 2. The quantitative estimate of drug-likeness (QED) is 0.838. The Morgan fingerprint density at radius 3 is 2.89 bits per heavy atom. The van der Waals surface area contributed by atoms with Crippen molar-refractivity contribution < 1.29 is 13.6 Å². The summed E-state index contributed by atoms with van der Waals surface area (Å²) in [6.45, 7) is 0. The molecule has 1 aromatic heterocycles. The van der Waals surface area contributed by atoms with Crippen LogP contribution in [0, 0.1) is 0 Å². The summed E-state index contributed by atoms with van der Waals surface area (Å²) in [7, 11) is 0. The number of nitrogens with two attached hydrogens (primary N) is 1. The van der Waals surface area contributed by atoms with E-state index in [0.29, 0.717) is 22.9 Å². The molecule has 0 aliphatic rings. The number of hydrogen-bond acceptors (Lipinski definition) is 5. The second-order valence-corrected chi connectivity index (χ2v) is 4.12. The molecule has 0 aliphatic carbocycles. The number of halogens is 2. The van der Waals surface area contributed by atoms with Gasteiger partial charge in [0.25, 0.3) is 12.3 Å². The molecule has 5 nitrogen and oxygen atoms in total. The van der Waals surface area contributed by atoms with Crippen LogP contribution >= 0.6 is 11.5 Å². The smallest absolute Gasteiger partial charge is 0.283 e. The van der Waals surface area contributed by atoms with E-state index in [9.17, 15) is 13.6 Å². The summed E-state index contributed by atoms with van der Waals surface area (Å²) >= 11 is 0.625. The van der Waals surface area contributed by atoms with Crippen molar-refractivity contribution in [2.75, 3.05) is 11.1 Å². The van der Waals surface area contributed by atoms with Gasteiger partial charge in [0.1, 0.15) is 4.88 Å². The summed E-state index contributed by atoms with van der Waals surface area (Å²) in [4.78, 5) is 11.6. The third-order valence-electron chi connectivity index (χ3n) is 2.07. The fourth-order valence-electron chi connectivity index (χ4n) is 1.30. The van der Waals surface area contributed by atoms with Gasteiger partial charge in [-0.15, -0.1) is 5.10 Å². The van der Waals surface area contributed by atoms with Crippen LogP contribution in [0.3, 0.4) is 0 Å². The number of alkyl halides is 2. The standard InChI is InChI=1S/C10H8F2N4OS/c11-9(12)7-8(18-16-15-7)10(17)14-6-3-1-2-5(13)4-6/h1-4,9H,13H2,(H,14,17). The Bertz CT molecular complexity index is 573. The maximum absolute atomic E-state index is 12.5. The fourth-order valence-corrected chi connectivity index (χ4v) is 1.87. The molecule has 1 aromatic carbocycles. The second kappa shape index (κ2) is 5.05. The minimum Gasteiger partial charge on any atom is -0.399 e. The van der Waals surface area contributed by atoms with Crippen LogP contribution in [0.5, 0.6) is 0 Å². The van der Waals surface area contributed by atoms with Crippen LogP contribution in [0.1, 0.15) is 21.8 Å². The summed E-state index contributed by atoms with van der Waals surface area (Å²) in [5, 5.41) is 5.69. The first-order valence-corrected chi connectivity index (χ1v) is 5.62. The molecule has 0 atom stereocenters. The number of carbonyl (C=O) groups is 1. The lowest BCUT2D eigenvalue weighted by Gasteiger charge is -2.04. The highest BCUT2D eigenvalue weighted by Crippen LogP contribution is 2.24. The van der Waals surface area contributed by atoms with Gasteiger partial charge in [-0.3, -0.25) is 4.79 Å². The van der Waals surface area contributed by atoms with Gasteiger partial charge in [0.15, 0.2) is 5.69 Å². The van der Waals surface area contributed by atoms with E-state index in [-0.39, 0.29) is 4.88 Å². The Labute approximate surface area is 105 Å². The van der Waals surface area contributed by atoms with Crippen LogP contribution in [0.25, 0.3) is 0 Å². The number of nitrogens with zero attached hydrogens (tertiary/aromatic N) is 2. The third kappa shape index (κ3) is 2.59. The molecule has 2 rings (SSSR count). The number of benzene rings is 1. The van der Waals surface area contributed by atoms with Crippen molar-refractivity contribution in [1.82, 2.24) is 9.59 Å². The maximum Gasteiger partial charge on any atom is 0.283 e. The van der Waals surface area contributed by atoms with Gasteiger partial charge in [-0.25, -0.2) is 8.78 Å². The van der Waals surface area contributed by atoms with Crippen LogP contribution in [-0.4, -0.2) is 15.5 Å². The molecule has 1 amide bonds. The fraction of sp³-hybridized carbons (Fsp3) is 0.100. The number of amides is 1. The number of hydrogen-bond donors (Lipinski definition) is 2. The van der Waals surface area contributed by atoms with Crippen molar-refractivity contribution in [3.05, 3.63) is 34.8 Å². The first kappa shape index (κ1) is 12.4. The SMILES string of the molecule is Nc1cccc(NC(=O)c2snnc2C(F)F)c1. The van der Waals surface area contributed by atoms with E-state index >= 15 is 0 Å². The summed E-state index contributed by atoms with van der Waals surface area (Å²) in [6, 6.07) is 6.41. The molecule has 0 radical (unpaired) electrons. The molecular formula is C10H8F2N4OS. The van der Waals surface area contributed by atoms with E-state index < -0.39 is 18.0 Å². The van der Waals surface area contributed by atoms with Crippen molar-refractivity contribution >= 4 is 28.8 Å². The average molecular weight is 270 g/mol. The molecule has 0 unspecified atom stereocenters. The highest BCUT2D eigenvalue weighted by molar-refractivity contribution is 7.08. The van der Waals surface area contributed by atoms with Crippen LogP contribution in [0.15, 0.2) is 24.3 Å². The van der Waals surface area contributed by atoms with Gasteiger partial charge >= 0.3 is 0 Å². The Balaban J connectivity index is 2.20. The number of rotatable bonds is 3. The minimum absolute atomic E-state index is 0.201. The average Bonchev–Trinajstić information content (AvgIpc) is 2.77. The largest absolute Gasteiger partial charge is 0.399 e. The zero-order chi connectivity index (χ0) is 13.1. The van der Waals surface area contributed by atoms with Crippen LogP contribution < -0.4 is 11.1 Å². The van der Waals surface area contributed by atoms with E-state index in [1.165, 1.54) is 6.07 Å². The summed E-state index contributed by atoms with van der Waals surface area (Å²) in [6.07, 6.45) is -2.83. The summed E-state index contributed by atoms with van der Waals surface area (Å²) in [5.74, 6) is -0.675. The molecule has 0 saturated carbocycles. The predicted octanol–water partition coefficient (Wildman–Crippen LogP) is 2.31. The molecular weight excluding hydrogens is 262 g/mol. The first-order valence-electron chi connectivity index (χ1n) is 4.85. The third-order valence-corrected chi connectivity index (χ3v) is 2.81. The monoisotopic (exact) mass is 270 g/mol. The molecule has 0 aliphatic heterocycles. The lowest BCUT2D eigenvalue weighted by atomic mass is 10.2. The Morgan fingerprint density at radius 1 is 1.44 bits per heavy atom. The van der Waals surface area contributed by atoms with Gasteiger partial charge in [0.2, 0.25) is 0 Å². The number of nitrogens with one attached hydrogen (secondary N) is 1. The minimum atomic E-state index is -2.83. The van der Waals surface area contributed by atoms with E-state index in [4.69, 9.17) is 5.73 Å². The van der Waals surface area contributed by atoms with Crippen molar-refractivity contribution in [3.63, 3.8) is 0 Å². The topological polar surface area (TPSA) is 80.9 Å². The second-order valence-electron chi connectivity index (χ2n) is 3.37. The summed E-state index contributed by atoms with van der Waals surface area (Å²) in [5.41, 5.74) is 5.81. The molecule has 0 saturated heterocycles.